The summed E-state index contributed by atoms with van der Waals surface area (Å²) in [5.41, 5.74) is 1.87. The molecule has 5 heteroatoms. The zero-order valence-corrected chi connectivity index (χ0v) is 13.8. The Morgan fingerprint density at radius 3 is 2.00 bits per heavy atom. The van der Waals surface area contributed by atoms with E-state index < -0.39 is 5.60 Å². The van der Waals surface area contributed by atoms with Crippen LogP contribution in [-0.4, -0.2) is 16.6 Å². The number of fused-ring (bicyclic) bond motifs is 1. The molecule has 0 radical (unpaired) electrons. The highest BCUT2D eigenvalue weighted by atomic mass is 79.9. The van der Waals surface area contributed by atoms with Gasteiger partial charge in [0, 0.05) is 22.0 Å². The second kappa shape index (κ2) is 4.85. The number of rotatable bonds is 0. The van der Waals surface area contributed by atoms with Crippen LogP contribution in [-0.2, 0) is 17.8 Å². The molecule has 1 aliphatic rings. The van der Waals surface area contributed by atoms with E-state index in [0.29, 0.717) is 13.1 Å². The molecule has 0 aliphatic carbocycles. The number of hydrogen-bond donors (Lipinski definition) is 0. The first-order chi connectivity index (χ1) is 8.26. The van der Waals surface area contributed by atoms with Gasteiger partial charge < -0.3 is 4.74 Å². The van der Waals surface area contributed by atoms with Crippen molar-refractivity contribution >= 4 is 38.0 Å². The molecular weight excluding hydrogens is 362 g/mol. The lowest BCUT2D eigenvalue weighted by molar-refractivity contribution is 0.0242. The molecule has 1 amide bonds. The summed E-state index contributed by atoms with van der Waals surface area (Å²) in [5, 5.41) is 0. The fraction of sp³-hybridized carbons (Fsp3) is 0.462. The molecule has 98 valence electrons. The lowest BCUT2D eigenvalue weighted by Crippen LogP contribution is -2.33. The Labute approximate surface area is 124 Å². The van der Waals surface area contributed by atoms with Crippen LogP contribution < -0.4 is 0 Å². The molecule has 0 atom stereocenters. The van der Waals surface area contributed by atoms with Crippen molar-refractivity contribution in [1.82, 2.24) is 4.90 Å². The minimum Gasteiger partial charge on any atom is -0.444 e. The Balaban J connectivity index is 2.13. The highest BCUT2D eigenvalue weighted by Gasteiger charge is 2.28. The Kier molecular flexibility index (Phi) is 3.74. The summed E-state index contributed by atoms with van der Waals surface area (Å²) in [7, 11) is 0. The lowest BCUT2D eigenvalue weighted by Gasteiger charge is -2.24. The molecule has 1 aromatic rings. The quantitative estimate of drug-likeness (QED) is 0.668. The van der Waals surface area contributed by atoms with Crippen LogP contribution >= 0.6 is 31.9 Å². The van der Waals surface area contributed by atoms with Crippen molar-refractivity contribution in [2.75, 3.05) is 0 Å². The van der Waals surface area contributed by atoms with Gasteiger partial charge in [0.05, 0.1) is 0 Å². The summed E-state index contributed by atoms with van der Waals surface area (Å²) in [6.45, 7) is 6.84. The van der Waals surface area contributed by atoms with E-state index in [-0.39, 0.29) is 6.09 Å². The molecule has 0 N–H and O–H groups in total. The van der Waals surface area contributed by atoms with E-state index in [1.54, 1.807) is 4.90 Å². The molecule has 0 bridgehead atoms. The SMILES string of the molecule is CC(C)(C)OC(=O)N1Cc2cc(Br)c(Br)cc2C1. The van der Waals surface area contributed by atoms with Crippen molar-refractivity contribution in [2.24, 2.45) is 0 Å². The summed E-state index contributed by atoms with van der Waals surface area (Å²) < 4.78 is 7.39. The summed E-state index contributed by atoms with van der Waals surface area (Å²) in [5.74, 6) is 0. The van der Waals surface area contributed by atoms with Crippen LogP contribution in [0.15, 0.2) is 21.1 Å². The average Bonchev–Trinajstić information content (AvgIpc) is 2.59. The normalized spacial score (nSPS) is 14.6. The van der Waals surface area contributed by atoms with Gasteiger partial charge in [-0.05, 0) is 75.9 Å². The van der Waals surface area contributed by atoms with Gasteiger partial charge in [-0.15, -0.1) is 0 Å². The number of nitrogens with zero attached hydrogens (tertiary/aromatic N) is 1. The lowest BCUT2D eigenvalue weighted by atomic mass is 10.1. The molecular formula is C13H15Br2NO2. The second-order valence-electron chi connectivity index (χ2n) is 5.37. The molecule has 1 heterocycles. The zero-order valence-electron chi connectivity index (χ0n) is 10.6. The van der Waals surface area contributed by atoms with E-state index in [0.717, 1.165) is 20.1 Å². The molecule has 0 unspecified atom stereocenters. The number of hydrogen-bond acceptors (Lipinski definition) is 2. The van der Waals surface area contributed by atoms with Gasteiger partial charge >= 0.3 is 6.09 Å². The zero-order chi connectivity index (χ0) is 13.5. The van der Waals surface area contributed by atoms with Gasteiger partial charge in [0.25, 0.3) is 0 Å². The minimum atomic E-state index is -0.451. The molecule has 0 saturated heterocycles. The number of amides is 1. The number of carbonyl (C=O) groups is 1. The van der Waals surface area contributed by atoms with E-state index in [4.69, 9.17) is 4.74 Å². The number of ether oxygens (including phenoxy) is 1. The van der Waals surface area contributed by atoms with Crippen molar-refractivity contribution in [3.8, 4) is 0 Å². The van der Waals surface area contributed by atoms with Gasteiger partial charge in [-0.1, -0.05) is 0 Å². The van der Waals surface area contributed by atoms with Crippen molar-refractivity contribution < 1.29 is 9.53 Å². The van der Waals surface area contributed by atoms with Gasteiger partial charge in [-0.3, -0.25) is 4.90 Å². The molecule has 2 rings (SSSR count). The van der Waals surface area contributed by atoms with E-state index in [1.165, 1.54) is 0 Å². The van der Waals surface area contributed by atoms with Gasteiger partial charge in [0.1, 0.15) is 5.60 Å². The Bertz CT molecular complexity index is 463. The Hall–Kier alpha value is -0.550. The fourth-order valence-corrected chi connectivity index (χ4v) is 2.63. The van der Waals surface area contributed by atoms with E-state index in [2.05, 4.69) is 31.9 Å². The first-order valence-electron chi connectivity index (χ1n) is 5.71. The monoisotopic (exact) mass is 375 g/mol. The number of carbonyl (C=O) groups excluding carboxylic acids is 1. The number of benzene rings is 1. The first kappa shape index (κ1) is 13.9. The highest BCUT2D eigenvalue weighted by Crippen LogP contribution is 2.32. The van der Waals surface area contributed by atoms with Gasteiger partial charge in [-0.25, -0.2) is 4.79 Å². The largest absolute Gasteiger partial charge is 0.444 e. The van der Waals surface area contributed by atoms with Gasteiger partial charge in [0.2, 0.25) is 0 Å². The highest BCUT2D eigenvalue weighted by molar-refractivity contribution is 9.13. The van der Waals surface area contributed by atoms with Crippen LogP contribution in [0.2, 0.25) is 0 Å². The molecule has 1 aliphatic heterocycles. The van der Waals surface area contributed by atoms with Crippen LogP contribution in [0.25, 0.3) is 0 Å². The maximum Gasteiger partial charge on any atom is 0.410 e. The van der Waals surface area contributed by atoms with Crippen molar-refractivity contribution in [3.63, 3.8) is 0 Å². The van der Waals surface area contributed by atoms with Crippen molar-refractivity contribution in [2.45, 2.75) is 39.5 Å². The van der Waals surface area contributed by atoms with Crippen LogP contribution in [0.5, 0.6) is 0 Å². The minimum absolute atomic E-state index is 0.258. The molecule has 0 aromatic heterocycles. The fourth-order valence-electron chi connectivity index (χ4n) is 1.85. The third-order valence-corrected chi connectivity index (χ3v) is 4.46. The van der Waals surface area contributed by atoms with Crippen LogP contribution in [0.3, 0.4) is 0 Å². The first-order valence-corrected chi connectivity index (χ1v) is 7.29. The van der Waals surface area contributed by atoms with Crippen LogP contribution in [0.1, 0.15) is 31.9 Å². The van der Waals surface area contributed by atoms with Crippen LogP contribution in [0.4, 0.5) is 4.79 Å². The maximum absolute atomic E-state index is 12.0. The molecule has 0 saturated carbocycles. The predicted molar refractivity (Wildman–Crippen MR) is 77.3 cm³/mol. The van der Waals surface area contributed by atoms with Gasteiger partial charge in [0.15, 0.2) is 0 Å². The Morgan fingerprint density at radius 1 is 1.17 bits per heavy atom. The molecule has 1 aromatic carbocycles. The summed E-state index contributed by atoms with van der Waals surface area (Å²) in [4.78, 5) is 13.7. The van der Waals surface area contributed by atoms with E-state index in [1.807, 2.05) is 32.9 Å². The molecule has 3 nitrogen and oxygen atoms in total. The average molecular weight is 377 g/mol. The maximum atomic E-state index is 12.0. The van der Waals surface area contributed by atoms with Crippen molar-refractivity contribution in [3.05, 3.63) is 32.2 Å². The van der Waals surface area contributed by atoms with Crippen molar-refractivity contribution in [1.29, 1.82) is 0 Å². The molecule has 0 spiro atoms. The molecule has 0 fully saturated rings. The molecule has 18 heavy (non-hydrogen) atoms. The summed E-state index contributed by atoms with van der Waals surface area (Å²) in [6, 6.07) is 4.09. The predicted octanol–water partition coefficient (Wildman–Crippen LogP) is 4.46. The second-order valence-corrected chi connectivity index (χ2v) is 7.08. The third kappa shape index (κ3) is 3.06. The third-order valence-electron chi connectivity index (χ3n) is 2.62. The standard InChI is InChI=1S/C13H15Br2NO2/c1-13(2,3)18-12(17)16-6-8-4-10(14)11(15)5-9(8)7-16/h4-5H,6-7H2,1-3H3. The Morgan fingerprint density at radius 2 is 1.61 bits per heavy atom. The topological polar surface area (TPSA) is 29.5 Å². The summed E-state index contributed by atoms with van der Waals surface area (Å²) in [6.07, 6.45) is -0.258. The summed E-state index contributed by atoms with van der Waals surface area (Å²) >= 11 is 6.95. The number of halogens is 2. The van der Waals surface area contributed by atoms with E-state index in [9.17, 15) is 4.79 Å². The smallest absolute Gasteiger partial charge is 0.410 e. The van der Waals surface area contributed by atoms with E-state index >= 15 is 0 Å². The van der Waals surface area contributed by atoms with Crippen LogP contribution in [0, 0.1) is 0 Å². The van der Waals surface area contributed by atoms with Gasteiger partial charge in [-0.2, -0.15) is 0 Å².